The summed E-state index contributed by atoms with van der Waals surface area (Å²) in [7, 11) is 2.09. The Kier molecular flexibility index (Phi) is 5.73. The lowest BCUT2D eigenvalue weighted by molar-refractivity contribution is -0.145. The van der Waals surface area contributed by atoms with E-state index < -0.39 is 6.10 Å². The number of β-amino-alcohol motifs (C(OH)–C–C–N with tert-alkyl or cyclic N) is 1. The third-order valence-electron chi connectivity index (χ3n) is 2.77. The molecule has 0 saturated carbocycles. The first kappa shape index (κ1) is 13.4. The molecule has 1 atom stereocenters. The molecule has 5 nitrogen and oxygen atoms in total. The van der Waals surface area contributed by atoms with Gasteiger partial charge in [0, 0.05) is 32.7 Å². The molecule has 0 amide bonds. The average Bonchev–Trinajstić information content (AvgIpc) is 2.21. The Labute approximate surface area is 97.0 Å². The van der Waals surface area contributed by atoms with E-state index in [0.717, 1.165) is 26.2 Å². The van der Waals surface area contributed by atoms with Crippen molar-refractivity contribution in [2.24, 2.45) is 0 Å². The fourth-order valence-electron chi connectivity index (χ4n) is 1.81. The molecule has 0 bridgehead atoms. The fraction of sp³-hybridized carbons (Fsp3) is 0.909. The molecule has 0 aromatic rings. The van der Waals surface area contributed by atoms with Crippen molar-refractivity contribution in [3.63, 3.8) is 0 Å². The maximum absolute atomic E-state index is 11.1. The van der Waals surface area contributed by atoms with Crippen molar-refractivity contribution in [1.82, 2.24) is 9.80 Å². The Morgan fingerprint density at radius 3 is 2.56 bits per heavy atom. The largest absolute Gasteiger partial charge is 0.466 e. The lowest BCUT2D eigenvalue weighted by atomic mass is 10.2. The third-order valence-corrected chi connectivity index (χ3v) is 2.77. The highest BCUT2D eigenvalue weighted by Crippen LogP contribution is 2.03. The van der Waals surface area contributed by atoms with E-state index in [-0.39, 0.29) is 12.4 Å². The highest BCUT2D eigenvalue weighted by atomic mass is 16.5. The number of piperazine rings is 1. The molecule has 1 N–H and O–H groups in total. The summed E-state index contributed by atoms with van der Waals surface area (Å²) in [6, 6.07) is 0. The van der Waals surface area contributed by atoms with E-state index in [1.54, 1.807) is 6.92 Å². The zero-order chi connectivity index (χ0) is 12.0. The van der Waals surface area contributed by atoms with Crippen molar-refractivity contribution in [1.29, 1.82) is 0 Å². The lowest BCUT2D eigenvalue weighted by Gasteiger charge is -2.33. The van der Waals surface area contributed by atoms with Gasteiger partial charge in [-0.1, -0.05) is 0 Å². The first-order valence-corrected chi connectivity index (χ1v) is 5.86. The first-order chi connectivity index (χ1) is 7.61. The van der Waals surface area contributed by atoms with Crippen LogP contribution in [0.15, 0.2) is 0 Å². The van der Waals surface area contributed by atoms with Crippen molar-refractivity contribution in [3.05, 3.63) is 0 Å². The van der Waals surface area contributed by atoms with E-state index in [4.69, 9.17) is 4.74 Å². The number of carbonyl (C=O) groups excluding carboxylic acids is 1. The van der Waals surface area contributed by atoms with Gasteiger partial charge in [-0.2, -0.15) is 0 Å². The van der Waals surface area contributed by atoms with Gasteiger partial charge in [0.2, 0.25) is 0 Å². The zero-order valence-corrected chi connectivity index (χ0v) is 10.2. The number of likely N-dealkylation sites (N-methyl/N-ethyl adjacent to an activating group) is 1. The summed E-state index contributed by atoms with van der Waals surface area (Å²) in [5.41, 5.74) is 0. The maximum atomic E-state index is 11.1. The van der Waals surface area contributed by atoms with Crippen LogP contribution < -0.4 is 0 Å². The molecule has 1 fully saturated rings. The molecular weight excluding hydrogens is 208 g/mol. The summed E-state index contributed by atoms with van der Waals surface area (Å²) in [4.78, 5) is 15.6. The minimum absolute atomic E-state index is 0.0974. The van der Waals surface area contributed by atoms with E-state index in [0.29, 0.717) is 13.2 Å². The summed E-state index contributed by atoms with van der Waals surface area (Å²) >= 11 is 0. The lowest BCUT2D eigenvalue weighted by Crippen LogP contribution is -2.47. The van der Waals surface area contributed by atoms with Gasteiger partial charge in [0.15, 0.2) is 0 Å². The number of ether oxygens (including phenoxy) is 1. The molecule has 16 heavy (non-hydrogen) atoms. The fourth-order valence-corrected chi connectivity index (χ4v) is 1.81. The van der Waals surface area contributed by atoms with Crippen molar-refractivity contribution in [2.45, 2.75) is 19.4 Å². The number of aliphatic hydroxyl groups is 1. The van der Waals surface area contributed by atoms with Crippen molar-refractivity contribution < 1.29 is 14.6 Å². The van der Waals surface area contributed by atoms with Gasteiger partial charge in [0.25, 0.3) is 0 Å². The summed E-state index contributed by atoms with van der Waals surface area (Å²) in [6.45, 7) is 6.66. The molecule has 0 radical (unpaired) electrons. The number of rotatable bonds is 5. The van der Waals surface area contributed by atoms with Crippen LogP contribution in [0, 0.1) is 0 Å². The molecule has 0 aromatic carbocycles. The van der Waals surface area contributed by atoms with Crippen LogP contribution >= 0.6 is 0 Å². The molecule has 5 heteroatoms. The predicted octanol–water partition coefficient (Wildman–Crippen LogP) is -0.452. The Morgan fingerprint density at radius 1 is 1.38 bits per heavy atom. The molecule has 1 heterocycles. The predicted molar refractivity (Wildman–Crippen MR) is 61.2 cm³/mol. The van der Waals surface area contributed by atoms with Crippen LogP contribution in [0.5, 0.6) is 0 Å². The second-order valence-corrected chi connectivity index (χ2v) is 4.27. The first-order valence-electron chi connectivity index (χ1n) is 5.86. The number of hydrogen-bond donors (Lipinski definition) is 1. The second kappa shape index (κ2) is 6.83. The van der Waals surface area contributed by atoms with Crippen molar-refractivity contribution in [3.8, 4) is 0 Å². The molecule has 94 valence electrons. The minimum Gasteiger partial charge on any atom is -0.466 e. The maximum Gasteiger partial charge on any atom is 0.308 e. The van der Waals surface area contributed by atoms with Crippen LogP contribution in [0.4, 0.5) is 0 Å². The Balaban J connectivity index is 2.18. The van der Waals surface area contributed by atoms with Gasteiger partial charge in [-0.15, -0.1) is 0 Å². The third kappa shape index (κ3) is 4.92. The van der Waals surface area contributed by atoms with E-state index in [1.807, 2.05) is 0 Å². The molecule has 1 saturated heterocycles. The van der Waals surface area contributed by atoms with Crippen LogP contribution in [-0.2, 0) is 9.53 Å². The Hall–Kier alpha value is -0.650. The topological polar surface area (TPSA) is 53.0 Å². The van der Waals surface area contributed by atoms with Crippen molar-refractivity contribution in [2.75, 3.05) is 46.4 Å². The summed E-state index contributed by atoms with van der Waals surface area (Å²) < 4.78 is 4.79. The number of carbonyl (C=O) groups is 1. The second-order valence-electron chi connectivity index (χ2n) is 4.27. The van der Waals surface area contributed by atoms with Crippen LogP contribution in [-0.4, -0.2) is 73.4 Å². The van der Waals surface area contributed by atoms with Crippen molar-refractivity contribution >= 4 is 5.97 Å². The highest BCUT2D eigenvalue weighted by molar-refractivity contribution is 5.69. The Morgan fingerprint density at radius 2 is 2.00 bits per heavy atom. The van der Waals surface area contributed by atoms with Gasteiger partial charge in [0.1, 0.15) is 0 Å². The van der Waals surface area contributed by atoms with Gasteiger partial charge in [0.05, 0.1) is 19.1 Å². The van der Waals surface area contributed by atoms with Crippen LogP contribution in [0.25, 0.3) is 0 Å². The van der Waals surface area contributed by atoms with Gasteiger partial charge in [-0.05, 0) is 14.0 Å². The molecule has 1 aliphatic rings. The minimum atomic E-state index is -0.609. The molecule has 0 aromatic heterocycles. The SMILES string of the molecule is CCOC(=O)CC(O)CN1CCN(C)CC1. The van der Waals surface area contributed by atoms with E-state index in [9.17, 15) is 9.90 Å². The number of hydrogen-bond acceptors (Lipinski definition) is 5. The van der Waals surface area contributed by atoms with E-state index in [2.05, 4.69) is 16.8 Å². The van der Waals surface area contributed by atoms with Crippen LogP contribution in [0.2, 0.25) is 0 Å². The Bertz CT molecular complexity index is 215. The van der Waals surface area contributed by atoms with Gasteiger partial charge >= 0.3 is 5.97 Å². The molecule has 1 rings (SSSR count). The van der Waals surface area contributed by atoms with Gasteiger partial charge in [-0.3, -0.25) is 9.69 Å². The molecular formula is C11H22N2O3. The van der Waals surface area contributed by atoms with Crippen LogP contribution in [0.3, 0.4) is 0 Å². The number of nitrogens with zero attached hydrogens (tertiary/aromatic N) is 2. The average molecular weight is 230 g/mol. The quantitative estimate of drug-likeness (QED) is 0.648. The highest BCUT2D eigenvalue weighted by Gasteiger charge is 2.19. The number of aliphatic hydroxyl groups excluding tert-OH is 1. The number of esters is 1. The van der Waals surface area contributed by atoms with Crippen LogP contribution in [0.1, 0.15) is 13.3 Å². The molecule has 1 aliphatic heterocycles. The summed E-state index contributed by atoms with van der Waals surface area (Å²) in [5, 5.41) is 9.71. The normalized spacial score (nSPS) is 20.7. The molecule has 0 aliphatic carbocycles. The monoisotopic (exact) mass is 230 g/mol. The molecule has 1 unspecified atom stereocenters. The van der Waals surface area contributed by atoms with Gasteiger partial charge < -0.3 is 14.7 Å². The summed E-state index contributed by atoms with van der Waals surface area (Å²) in [5.74, 6) is -0.316. The van der Waals surface area contributed by atoms with E-state index >= 15 is 0 Å². The molecule has 0 spiro atoms. The van der Waals surface area contributed by atoms with Gasteiger partial charge in [-0.25, -0.2) is 0 Å². The smallest absolute Gasteiger partial charge is 0.308 e. The zero-order valence-electron chi connectivity index (χ0n) is 10.2. The summed E-state index contributed by atoms with van der Waals surface area (Å²) in [6.07, 6.45) is -0.511. The standard InChI is InChI=1S/C11H22N2O3/c1-3-16-11(15)8-10(14)9-13-6-4-12(2)5-7-13/h10,14H,3-9H2,1-2H3. The van der Waals surface area contributed by atoms with E-state index in [1.165, 1.54) is 0 Å².